The van der Waals surface area contributed by atoms with Crippen molar-refractivity contribution in [1.82, 2.24) is 0 Å². The van der Waals surface area contributed by atoms with E-state index in [4.69, 9.17) is 4.74 Å². The molecule has 4 nitrogen and oxygen atoms in total. The lowest BCUT2D eigenvalue weighted by atomic mass is 9.45. The molecule has 4 saturated carbocycles. The van der Waals surface area contributed by atoms with Crippen LogP contribution in [0.15, 0.2) is 11.6 Å². The number of carbonyl (C=O) groups excluding carboxylic acids is 2. The van der Waals surface area contributed by atoms with E-state index in [0.717, 1.165) is 38.5 Å². The van der Waals surface area contributed by atoms with Crippen LogP contribution >= 0.6 is 0 Å². The molecule has 4 fully saturated rings. The number of hydrogen-bond acceptors (Lipinski definition) is 4. The zero-order valence-electron chi connectivity index (χ0n) is 18.2. The second kappa shape index (κ2) is 6.42. The minimum Gasteiger partial charge on any atom is -0.466 e. The Morgan fingerprint density at radius 3 is 2.72 bits per heavy atom. The SMILES string of the molecule is CCOC(=O)CC[C@]1(O)[C@H]2C[C@H]2[C@H]2[C@@H]3CCC4=CC(=O)CC[C@]4(C)[C@H]3CC[C@@]21C. The summed E-state index contributed by atoms with van der Waals surface area (Å²) in [6.07, 6.45) is 10.1. The summed E-state index contributed by atoms with van der Waals surface area (Å²) in [6, 6.07) is 0. The smallest absolute Gasteiger partial charge is 0.305 e. The maximum atomic E-state index is 12.0. The molecule has 0 spiro atoms. The van der Waals surface area contributed by atoms with Crippen molar-refractivity contribution in [3.63, 3.8) is 0 Å². The summed E-state index contributed by atoms with van der Waals surface area (Å²) in [5, 5.41) is 11.9. The molecule has 0 heterocycles. The van der Waals surface area contributed by atoms with Gasteiger partial charge in [-0.2, -0.15) is 0 Å². The first-order chi connectivity index (χ1) is 13.7. The van der Waals surface area contributed by atoms with Crippen LogP contribution in [-0.4, -0.2) is 29.1 Å². The Morgan fingerprint density at radius 2 is 1.97 bits per heavy atom. The zero-order chi connectivity index (χ0) is 20.6. The first-order valence-corrected chi connectivity index (χ1v) is 11.9. The summed E-state index contributed by atoms with van der Waals surface area (Å²) in [7, 11) is 0. The third-order valence-corrected chi connectivity index (χ3v) is 10.1. The van der Waals surface area contributed by atoms with Crippen molar-refractivity contribution >= 4 is 11.8 Å². The number of esters is 1. The Morgan fingerprint density at radius 1 is 1.17 bits per heavy atom. The van der Waals surface area contributed by atoms with E-state index in [1.807, 2.05) is 13.0 Å². The highest BCUT2D eigenvalue weighted by Gasteiger charge is 2.75. The average Bonchev–Trinajstić information content (AvgIpc) is 3.44. The van der Waals surface area contributed by atoms with Gasteiger partial charge < -0.3 is 9.84 Å². The summed E-state index contributed by atoms with van der Waals surface area (Å²) in [5.74, 6) is 2.98. The molecule has 0 radical (unpaired) electrons. The molecule has 0 aromatic carbocycles. The van der Waals surface area contributed by atoms with Crippen LogP contribution in [0, 0.1) is 40.4 Å². The van der Waals surface area contributed by atoms with Gasteiger partial charge in [0.1, 0.15) is 0 Å². The van der Waals surface area contributed by atoms with E-state index < -0.39 is 5.60 Å². The molecule has 29 heavy (non-hydrogen) atoms. The van der Waals surface area contributed by atoms with Gasteiger partial charge in [-0.25, -0.2) is 0 Å². The first-order valence-electron chi connectivity index (χ1n) is 11.9. The van der Waals surface area contributed by atoms with Gasteiger partial charge in [-0.1, -0.05) is 19.4 Å². The molecular formula is C25H36O4. The van der Waals surface area contributed by atoms with Gasteiger partial charge in [-0.15, -0.1) is 0 Å². The highest BCUT2D eigenvalue weighted by Crippen LogP contribution is 2.77. The van der Waals surface area contributed by atoms with Crippen LogP contribution in [0.4, 0.5) is 0 Å². The van der Waals surface area contributed by atoms with Crippen molar-refractivity contribution < 1.29 is 19.4 Å². The van der Waals surface area contributed by atoms with E-state index in [0.29, 0.717) is 61.2 Å². The molecule has 0 saturated heterocycles. The second-order valence-corrected chi connectivity index (χ2v) is 11.1. The molecule has 1 N–H and O–H groups in total. The topological polar surface area (TPSA) is 63.6 Å². The predicted octanol–water partition coefficient (Wildman–Crippen LogP) is 4.45. The van der Waals surface area contributed by atoms with E-state index in [1.54, 1.807) is 0 Å². The van der Waals surface area contributed by atoms with Crippen LogP contribution in [0.3, 0.4) is 0 Å². The fourth-order valence-corrected chi connectivity index (χ4v) is 8.68. The van der Waals surface area contributed by atoms with Crippen LogP contribution in [0.1, 0.15) is 78.6 Å². The Hall–Kier alpha value is -1.16. The van der Waals surface area contributed by atoms with Crippen LogP contribution in [0.2, 0.25) is 0 Å². The molecule has 5 rings (SSSR count). The molecule has 0 aliphatic heterocycles. The molecule has 8 atom stereocenters. The van der Waals surface area contributed by atoms with E-state index in [1.165, 1.54) is 5.57 Å². The molecule has 0 bridgehead atoms. The van der Waals surface area contributed by atoms with Gasteiger partial charge in [0.2, 0.25) is 0 Å². The van der Waals surface area contributed by atoms with Crippen molar-refractivity contribution in [2.24, 2.45) is 40.4 Å². The predicted molar refractivity (Wildman–Crippen MR) is 110 cm³/mol. The van der Waals surface area contributed by atoms with Gasteiger partial charge in [0.25, 0.3) is 0 Å². The van der Waals surface area contributed by atoms with E-state index >= 15 is 0 Å². The summed E-state index contributed by atoms with van der Waals surface area (Å²) in [5.41, 5.74) is 0.769. The quantitative estimate of drug-likeness (QED) is 0.708. The summed E-state index contributed by atoms with van der Waals surface area (Å²) < 4.78 is 5.15. The molecule has 0 unspecified atom stereocenters. The maximum Gasteiger partial charge on any atom is 0.305 e. The fraction of sp³-hybridized carbons (Fsp3) is 0.840. The van der Waals surface area contributed by atoms with Crippen LogP contribution in [0.5, 0.6) is 0 Å². The summed E-state index contributed by atoms with van der Waals surface area (Å²) >= 11 is 0. The van der Waals surface area contributed by atoms with Crippen LogP contribution in [0.25, 0.3) is 0 Å². The van der Waals surface area contributed by atoms with Crippen molar-refractivity contribution in [2.45, 2.75) is 84.2 Å². The molecule has 5 aliphatic rings. The third kappa shape index (κ3) is 2.60. The summed E-state index contributed by atoms with van der Waals surface area (Å²) in [6.45, 7) is 6.98. The molecule has 0 aromatic rings. The van der Waals surface area contributed by atoms with Gasteiger partial charge in [0, 0.05) is 12.8 Å². The normalized spacial score (nSPS) is 50.0. The van der Waals surface area contributed by atoms with Gasteiger partial charge in [-0.3, -0.25) is 9.59 Å². The Bertz CT molecular complexity index is 771. The molecule has 5 aliphatic carbocycles. The van der Waals surface area contributed by atoms with E-state index in [2.05, 4.69) is 13.8 Å². The minimum atomic E-state index is -0.723. The monoisotopic (exact) mass is 400 g/mol. The Labute approximate surface area is 174 Å². The van der Waals surface area contributed by atoms with Crippen molar-refractivity contribution in [1.29, 1.82) is 0 Å². The van der Waals surface area contributed by atoms with Crippen molar-refractivity contribution in [2.75, 3.05) is 6.61 Å². The van der Waals surface area contributed by atoms with Crippen molar-refractivity contribution in [3.8, 4) is 0 Å². The number of rotatable bonds is 4. The number of fused-ring (bicyclic) bond motifs is 7. The maximum absolute atomic E-state index is 12.0. The zero-order valence-corrected chi connectivity index (χ0v) is 18.2. The number of aliphatic hydroxyl groups is 1. The largest absolute Gasteiger partial charge is 0.466 e. The number of carbonyl (C=O) groups is 2. The van der Waals surface area contributed by atoms with Crippen molar-refractivity contribution in [3.05, 3.63) is 11.6 Å². The molecule has 4 heteroatoms. The lowest BCUT2D eigenvalue weighted by molar-refractivity contribution is -0.160. The van der Waals surface area contributed by atoms with E-state index in [9.17, 15) is 14.7 Å². The molecule has 0 aromatic heterocycles. The number of allylic oxidation sites excluding steroid dienone is 1. The number of hydrogen-bond donors (Lipinski definition) is 1. The molecule has 0 amide bonds. The lowest BCUT2D eigenvalue weighted by Gasteiger charge is -2.60. The fourth-order valence-electron chi connectivity index (χ4n) is 8.68. The molecular weight excluding hydrogens is 364 g/mol. The van der Waals surface area contributed by atoms with Gasteiger partial charge in [0.15, 0.2) is 5.78 Å². The minimum absolute atomic E-state index is 0.0870. The Balaban J connectivity index is 1.42. The van der Waals surface area contributed by atoms with Crippen LogP contribution in [-0.2, 0) is 14.3 Å². The second-order valence-electron chi connectivity index (χ2n) is 11.1. The number of ether oxygens (including phenoxy) is 1. The van der Waals surface area contributed by atoms with Crippen LogP contribution < -0.4 is 0 Å². The standard InChI is InChI=1S/C25H36O4/c1-4-29-21(27)9-12-25(28)20-14-18(20)22-17-6-5-15-13-16(26)7-10-23(15,2)19(17)8-11-24(22,25)3/h13,17-20,22,28H,4-12,14H2,1-3H3/t17-,18-,19+,20+,22-,23+,24+,25+/m1/s1. The van der Waals surface area contributed by atoms with Gasteiger partial charge in [-0.05, 0) is 98.4 Å². The van der Waals surface area contributed by atoms with Gasteiger partial charge in [0.05, 0.1) is 12.2 Å². The highest BCUT2D eigenvalue weighted by atomic mass is 16.5. The lowest BCUT2D eigenvalue weighted by Crippen LogP contribution is -2.57. The first kappa shape index (κ1) is 19.8. The third-order valence-electron chi connectivity index (χ3n) is 10.1. The highest BCUT2D eigenvalue weighted by molar-refractivity contribution is 5.91. The van der Waals surface area contributed by atoms with E-state index in [-0.39, 0.29) is 16.8 Å². The summed E-state index contributed by atoms with van der Waals surface area (Å²) in [4.78, 5) is 24.0. The average molecular weight is 401 g/mol. The Kier molecular flexibility index (Phi) is 4.38. The molecule has 160 valence electrons. The number of ketones is 1. The van der Waals surface area contributed by atoms with Gasteiger partial charge >= 0.3 is 5.97 Å².